The first kappa shape index (κ1) is 20.9. The highest BCUT2D eigenvalue weighted by Crippen LogP contribution is 2.23. The lowest BCUT2D eigenvalue weighted by Crippen LogP contribution is -2.42. The molecular formula is C20H28N4O2S. The average Bonchev–Trinajstić information content (AvgIpc) is 2.69. The third-order valence-corrected chi connectivity index (χ3v) is 5.23. The summed E-state index contributed by atoms with van der Waals surface area (Å²) in [5.41, 5.74) is 1.04. The van der Waals surface area contributed by atoms with E-state index in [4.69, 9.17) is 9.47 Å². The van der Waals surface area contributed by atoms with Gasteiger partial charge in [-0.15, -0.1) is 0 Å². The number of nitrogens with one attached hydrogen (secondary N) is 2. The number of aliphatic imine (C=N–C) groups is 1. The van der Waals surface area contributed by atoms with E-state index in [9.17, 15) is 0 Å². The minimum Gasteiger partial charge on any atom is -0.497 e. The molecule has 0 unspecified atom stereocenters. The molecule has 0 amide bonds. The van der Waals surface area contributed by atoms with Crippen LogP contribution in [0.1, 0.15) is 19.4 Å². The standard InChI is InChI=1S/C20H28N4O2S/c1-20(2,27-5)14-24-19(21-3)23-13-15-9-10-18(22-12-15)26-17-8-6-7-16(11-17)25-4/h6-12H,13-14H2,1-5H3,(H2,21,23,24). The van der Waals surface area contributed by atoms with Crippen molar-refractivity contribution in [2.24, 2.45) is 4.99 Å². The quantitative estimate of drug-likeness (QED) is 0.531. The largest absolute Gasteiger partial charge is 0.497 e. The van der Waals surface area contributed by atoms with Gasteiger partial charge in [-0.25, -0.2) is 4.98 Å². The zero-order valence-electron chi connectivity index (χ0n) is 16.6. The van der Waals surface area contributed by atoms with Crippen molar-refractivity contribution in [1.29, 1.82) is 0 Å². The topological polar surface area (TPSA) is 67.8 Å². The van der Waals surface area contributed by atoms with Gasteiger partial charge in [0.15, 0.2) is 5.96 Å². The summed E-state index contributed by atoms with van der Waals surface area (Å²) in [4.78, 5) is 8.62. The summed E-state index contributed by atoms with van der Waals surface area (Å²) in [6.45, 7) is 5.86. The molecule has 6 nitrogen and oxygen atoms in total. The number of rotatable bonds is 8. The summed E-state index contributed by atoms with van der Waals surface area (Å²) in [6.07, 6.45) is 3.90. The summed E-state index contributed by atoms with van der Waals surface area (Å²) in [6, 6.07) is 11.3. The van der Waals surface area contributed by atoms with E-state index in [-0.39, 0.29) is 4.75 Å². The van der Waals surface area contributed by atoms with E-state index in [1.54, 1.807) is 20.4 Å². The Morgan fingerprint density at radius 1 is 1.19 bits per heavy atom. The van der Waals surface area contributed by atoms with E-state index >= 15 is 0 Å². The molecule has 2 N–H and O–H groups in total. The van der Waals surface area contributed by atoms with Crippen molar-refractivity contribution in [3.05, 3.63) is 48.2 Å². The highest BCUT2D eigenvalue weighted by atomic mass is 32.2. The van der Waals surface area contributed by atoms with Gasteiger partial charge in [0.1, 0.15) is 11.5 Å². The van der Waals surface area contributed by atoms with Crippen LogP contribution >= 0.6 is 11.8 Å². The number of guanidine groups is 1. The Kier molecular flexibility index (Phi) is 7.79. The van der Waals surface area contributed by atoms with E-state index in [0.717, 1.165) is 23.8 Å². The highest BCUT2D eigenvalue weighted by molar-refractivity contribution is 7.99. The summed E-state index contributed by atoms with van der Waals surface area (Å²) >= 11 is 1.82. The monoisotopic (exact) mass is 388 g/mol. The maximum atomic E-state index is 5.76. The van der Waals surface area contributed by atoms with Crippen LogP contribution in [0.3, 0.4) is 0 Å². The Morgan fingerprint density at radius 3 is 2.59 bits per heavy atom. The van der Waals surface area contributed by atoms with Gasteiger partial charge in [0.2, 0.25) is 5.88 Å². The van der Waals surface area contributed by atoms with E-state index in [1.807, 2.05) is 48.2 Å². The zero-order valence-corrected chi connectivity index (χ0v) is 17.4. The first-order valence-electron chi connectivity index (χ1n) is 8.72. The lowest BCUT2D eigenvalue weighted by molar-refractivity contribution is 0.407. The number of aromatic nitrogens is 1. The van der Waals surface area contributed by atoms with Crippen LogP contribution in [0.4, 0.5) is 0 Å². The Bertz CT molecular complexity index is 748. The fourth-order valence-corrected chi connectivity index (χ4v) is 2.35. The van der Waals surface area contributed by atoms with Crippen LogP contribution in [-0.4, -0.2) is 42.6 Å². The van der Waals surface area contributed by atoms with Crippen molar-refractivity contribution in [3.8, 4) is 17.4 Å². The maximum Gasteiger partial charge on any atom is 0.219 e. The van der Waals surface area contributed by atoms with Crippen molar-refractivity contribution >= 4 is 17.7 Å². The van der Waals surface area contributed by atoms with Gasteiger partial charge < -0.3 is 20.1 Å². The zero-order chi connectivity index (χ0) is 19.7. The van der Waals surface area contributed by atoms with Crippen LogP contribution in [0.25, 0.3) is 0 Å². The molecule has 0 bridgehead atoms. The third-order valence-electron chi connectivity index (χ3n) is 3.98. The molecule has 2 rings (SSSR count). The minimum atomic E-state index is 0.151. The predicted octanol–water partition coefficient (Wildman–Crippen LogP) is 3.69. The Hall–Kier alpha value is -2.41. The maximum absolute atomic E-state index is 5.76. The first-order chi connectivity index (χ1) is 13.0. The molecule has 0 aliphatic carbocycles. The molecule has 0 radical (unpaired) electrons. The fourth-order valence-electron chi connectivity index (χ4n) is 2.14. The summed E-state index contributed by atoms with van der Waals surface area (Å²) in [7, 11) is 3.40. The number of hydrogen-bond acceptors (Lipinski definition) is 5. The second-order valence-electron chi connectivity index (χ2n) is 6.53. The summed E-state index contributed by atoms with van der Waals surface area (Å²) in [5.74, 6) is 2.75. The fraction of sp³-hybridized carbons (Fsp3) is 0.400. The third kappa shape index (κ3) is 7.02. The molecule has 27 heavy (non-hydrogen) atoms. The van der Waals surface area contributed by atoms with Crippen molar-refractivity contribution in [2.75, 3.05) is 27.0 Å². The number of thioether (sulfide) groups is 1. The minimum absolute atomic E-state index is 0.151. The number of nitrogens with zero attached hydrogens (tertiary/aromatic N) is 2. The van der Waals surface area contributed by atoms with Crippen LogP contribution in [0.2, 0.25) is 0 Å². The molecule has 0 spiro atoms. The van der Waals surface area contributed by atoms with Crippen LogP contribution < -0.4 is 20.1 Å². The van der Waals surface area contributed by atoms with Crippen LogP contribution in [0, 0.1) is 0 Å². The van der Waals surface area contributed by atoms with Crippen LogP contribution in [-0.2, 0) is 6.54 Å². The average molecular weight is 389 g/mol. The Balaban J connectivity index is 1.87. The molecule has 1 aromatic heterocycles. The Morgan fingerprint density at radius 2 is 1.96 bits per heavy atom. The van der Waals surface area contributed by atoms with Gasteiger partial charge >= 0.3 is 0 Å². The van der Waals surface area contributed by atoms with Gasteiger partial charge in [0, 0.05) is 43.2 Å². The lowest BCUT2D eigenvalue weighted by Gasteiger charge is -2.23. The van der Waals surface area contributed by atoms with Crippen molar-refractivity contribution in [2.45, 2.75) is 25.1 Å². The van der Waals surface area contributed by atoms with Gasteiger partial charge in [-0.05, 0) is 37.8 Å². The number of pyridine rings is 1. The molecule has 146 valence electrons. The second kappa shape index (κ2) is 10.1. The van der Waals surface area contributed by atoms with Gasteiger partial charge in [-0.1, -0.05) is 12.1 Å². The lowest BCUT2D eigenvalue weighted by atomic mass is 10.2. The number of hydrogen-bond donors (Lipinski definition) is 2. The molecule has 0 saturated heterocycles. The number of ether oxygens (including phenoxy) is 2. The van der Waals surface area contributed by atoms with Crippen LogP contribution in [0.5, 0.6) is 17.4 Å². The van der Waals surface area contributed by atoms with Gasteiger partial charge in [0.25, 0.3) is 0 Å². The van der Waals surface area contributed by atoms with Gasteiger partial charge in [0.05, 0.1) is 7.11 Å². The van der Waals surface area contributed by atoms with E-state index in [2.05, 4.69) is 40.7 Å². The van der Waals surface area contributed by atoms with E-state index < -0.39 is 0 Å². The molecule has 1 aromatic carbocycles. The SMILES string of the molecule is CN=C(NCc1ccc(Oc2cccc(OC)c2)nc1)NCC(C)(C)SC. The second-order valence-corrected chi connectivity index (χ2v) is 8.04. The van der Waals surface area contributed by atoms with Crippen molar-refractivity contribution in [3.63, 3.8) is 0 Å². The van der Waals surface area contributed by atoms with Crippen LogP contribution in [0.15, 0.2) is 47.6 Å². The first-order valence-corrected chi connectivity index (χ1v) is 9.95. The molecular weight excluding hydrogens is 360 g/mol. The predicted molar refractivity (Wildman–Crippen MR) is 113 cm³/mol. The molecule has 0 saturated carbocycles. The Labute approximate surface area is 165 Å². The normalized spacial score (nSPS) is 11.8. The smallest absolute Gasteiger partial charge is 0.219 e. The molecule has 1 heterocycles. The molecule has 0 fully saturated rings. The van der Waals surface area contributed by atoms with Gasteiger partial charge in [-0.2, -0.15) is 11.8 Å². The molecule has 0 aliphatic rings. The number of methoxy groups -OCH3 is 1. The van der Waals surface area contributed by atoms with E-state index in [1.165, 1.54) is 0 Å². The van der Waals surface area contributed by atoms with Gasteiger partial charge in [-0.3, -0.25) is 4.99 Å². The molecule has 0 aliphatic heterocycles. The molecule has 7 heteroatoms. The van der Waals surface area contributed by atoms with Crippen molar-refractivity contribution in [1.82, 2.24) is 15.6 Å². The summed E-state index contributed by atoms with van der Waals surface area (Å²) in [5, 5.41) is 6.65. The van der Waals surface area contributed by atoms with E-state index in [0.29, 0.717) is 18.2 Å². The highest BCUT2D eigenvalue weighted by Gasteiger charge is 2.16. The van der Waals surface area contributed by atoms with Crippen molar-refractivity contribution < 1.29 is 9.47 Å². The summed E-state index contributed by atoms with van der Waals surface area (Å²) < 4.78 is 11.1. The number of benzene rings is 1. The molecule has 0 atom stereocenters. The molecule has 2 aromatic rings.